The van der Waals surface area contributed by atoms with Gasteiger partial charge in [0, 0.05) is 23.4 Å². The van der Waals surface area contributed by atoms with Crippen molar-refractivity contribution in [3.05, 3.63) is 89.0 Å². The molecule has 5 N–H and O–H groups in total. The van der Waals surface area contributed by atoms with E-state index in [4.69, 9.17) is 16.2 Å². The van der Waals surface area contributed by atoms with E-state index in [1.807, 2.05) is 0 Å². The molecule has 0 aliphatic carbocycles. The molecule has 0 saturated heterocycles. The summed E-state index contributed by atoms with van der Waals surface area (Å²) in [7, 11) is 0. The molecule has 0 saturated carbocycles. The fourth-order valence-electron chi connectivity index (χ4n) is 3.11. The predicted molar refractivity (Wildman–Crippen MR) is 124 cm³/mol. The highest BCUT2D eigenvalue weighted by Gasteiger charge is 2.28. The Morgan fingerprint density at radius 1 is 0.886 bits per heavy atom. The lowest BCUT2D eigenvalue weighted by molar-refractivity contribution is -0.153. The molecule has 0 amide bonds. The summed E-state index contributed by atoms with van der Waals surface area (Å²) in [5.74, 6) is -1.67. The van der Waals surface area contributed by atoms with Crippen LogP contribution in [0.5, 0.6) is 11.5 Å². The zero-order valence-electron chi connectivity index (χ0n) is 18.2. The number of ether oxygens (including phenoxy) is 2. The van der Waals surface area contributed by atoms with E-state index in [-0.39, 0.29) is 29.1 Å². The third-order valence-corrected chi connectivity index (χ3v) is 4.63. The second-order valence-corrected chi connectivity index (χ2v) is 7.55. The first-order valence-corrected chi connectivity index (χ1v) is 10.2. The number of hydrogen-bond donors (Lipinski definition) is 3. The zero-order valence-corrected chi connectivity index (χ0v) is 18.2. The van der Waals surface area contributed by atoms with Crippen molar-refractivity contribution in [1.82, 2.24) is 0 Å². The van der Waals surface area contributed by atoms with Crippen LogP contribution in [-0.4, -0.2) is 29.8 Å². The Morgan fingerprint density at radius 3 is 2.00 bits per heavy atom. The molecule has 0 radical (unpaired) electrons. The van der Waals surface area contributed by atoms with Gasteiger partial charge in [0.2, 0.25) is 0 Å². The summed E-state index contributed by atoms with van der Waals surface area (Å²) in [4.78, 5) is 24.0. The van der Waals surface area contributed by atoms with Gasteiger partial charge < -0.3 is 26.0 Å². The minimum Gasteiger partial charge on any atom is -0.484 e. The zero-order chi connectivity index (χ0) is 25.6. The Morgan fingerprint density at radius 2 is 1.46 bits per heavy atom. The number of nitrogen functional groups attached to an aromatic ring is 2. The lowest BCUT2D eigenvalue weighted by Gasteiger charge is -2.09. The van der Waals surface area contributed by atoms with E-state index in [1.54, 1.807) is 30.3 Å². The second-order valence-electron chi connectivity index (χ2n) is 7.55. The van der Waals surface area contributed by atoms with Gasteiger partial charge in [0.1, 0.15) is 11.5 Å². The number of benzene rings is 3. The Bertz CT molecular complexity index is 1220. The monoisotopic (exact) mass is 486 g/mol. The van der Waals surface area contributed by atoms with Crippen molar-refractivity contribution < 1.29 is 37.3 Å². The molecular weight excluding hydrogens is 465 g/mol. The van der Waals surface area contributed by atoms with Crippen molar-refractivity contribution in [3.8, 4) is 11.5 Å². The van der Waals surface area contributed by atoms with Gasteiger partial charge in [0.15, 0.2) is 6.61 Å². The van der Waals surface area contributed by atoms with Crippen LogP contribution in [0.25, 0.3) is 6.08 Å². The molecule has 3 aromatic rings. The largest absolute Gasteiger partial charge is 0.484 e. The Balaban J connectivity index is 1.65. The molecule has 0 aromatic heterocycles. The summed E-state index contributed by atoms with van der Waals surface area (Å²) in [5, 5.41) is 9.56. The molecule has 0 fully saturated rings. The van der Waals surface area contributed by atoms with Gasteiger partial charge in [0.05, 0.1) is 5.56 Å². The third kappa shape index (κ3) is 7.81. The van der Waals surface area contributed by atoms with Crippen LogP contribution in [0.15, 0.2) is 72.3 Å². The second kappa shape index (κ2) is 10.6. The van der Waals surface area contributed by atoms with Crippen LogP contribution in [0, 0.1) is 0 Å². The van der Waals surface area contributed by atoms with Gasteiger partial charge in [-0.3, -0.25) is 0 Å². The summed E-state index contributed by atoms with van der Waals surface area (Å²) >= 11 is 0. The van der Waals surface area contributed by atoms with Crippen molar-refractivity contribution in [2.75, 3.05) is 18.1 Å². The molecule has 0 spiro atoms. The van der Waals surface area contributed by atoms with Crippen LogP contribution in [0.4, 0.5) is 24.5 Å². The molecule has 35 heavy (non-hydrogen) atoms. The number of carbonyl (C=O) groups excluding carboxylic acids is 1. The van der Waals surface area contributed by atoms with Gasteiger partial charge in [-0.1, -0.05) is 12.1 Å². The van der Waals surface area contributed by atoms with Crippen molar-refractivity contribution in [1.29, 1.82) is 0 Å². The van der Waals surface area contributed by atoms with Gasteiger partial charge in [-0.2, -0.15) is 13.2 Å². The molecule has 0 aliphatic heterocycles. The number of halogens is 3. The van der Waals surface area contributed by atoms with Crippen molar-refractivity contribution in [2.24, 2.45) is 0 Å². The number of alkyl halides is 3. The molecule has 0 aliphatic rings. The first-order chi connectivity index (χ1) is 16.5. The SMILES string of the molecule is Nc1cc(N)cc(C/C(=C\c2ccc(OC(=O)c3ccc(OCC(F)(F)F)cc3)cc2)C(=O)O)c1. The van der Waals surface area contributed by atoms with Crippen LogP contribution in [0.2, 0.25) is 0 Å². The number of carboxylic acid groups (broad SMARTS) is 1. The molecule has 10 heteroatoms. The molecule has 0 bridgehead atoms. The number of aliphatic carboxylic acids is 1. The van der Waals surface area contributed by atoms with Gasteiger partial charge in [0.25, 0.3) is 0 Å². The Kier molecular flexibility index (Phi) is 7.65. The highest BCUT2D eigenvalue weighted by atomic mass is 19.4. The number of esters is 1. The minimum absolute atomic E-state index is 0.0369. The lowest BCUT2D eigenvalue weighted by Crippen LogP contribution is -2.19. The standard InChI is InChI=1S/C25H21F3N2O5/c26-25(27,28)14-34-21-7-3-17(4-8-21)24(33)35-22-5-1-15(2-6-22)9-18(23(31)32)10-16-11-19(29)13-20(30)12-16/h1-9,11-13H,10,14,29-30H2,(H,31,32)/b18-9+. The summed E-state index contributed by atoms with van der Waals surface area (Å²) in [5.41, 5.74) is 13.8. The quantitative estimate of drug-likeness (QED) is 0.182. The van der Waals surface area contributed by atoms with Crippen molar-refractivity contribution in [2.45, 2.75) is 12.6 Å². The topological polar surface area (TPSA) is 125 Å². The van der Waals surface area contributed by atoms with E-state index in [9.17, 15) is 27.9 Å². The number of carboxylic acids is 1. The van der Waals surface area contributed by atoms with E-state index in [0.29, 0.717) is 22.5 Å². The molecule has 3 rings (SSSR count). The number of hydrogen-bond acceptors (Lipinski definition) is 6. The van der Waals surface area contributed by atoms with E-state index < -0.39 is 24.7 Å². The van der Waals surface area contributed by atoms with Crippen LogP contribution in [0.3, 0.4) is 0 Å². The molecule has 0 atom stereocenters. The van der Waals surface area contributed by atoms with Gasteiger partial charge in [-0.25, -0.2) is 9.59 Å². The Labute approximate surface area is 198 Å². The molecule has 182 valence electrons. The van der Waals surface area contributed by atoms with E-state index in [1.165, 1.54) is 42.5 Å². The summed E-state index contributed by atoms with van der Waals surface area (Å²) in [6.07, 6.45) is -2.88. The maximum atomic E-state index is 12.3. The van der Waals surface area contributed by atoms with Crippen LogP contribution in [0.1, 0.15) is 21.5 Å². The number of rotatable bonds is 8. The first kappa shape index (κ1) is 25.2. The molecule has 7 nitrogen and oxygen atoms in total. The number of anilines is 2. The summed E-state index contributed by atoms with van der Waals surface area (Å²) in [6, 6.07) is 16.0. The third-order valence-electron chi connectivity index (χ3n) is 4.63. The minimum atomic E-state index is -4.46. The number of nitrogens with two attached hydrogens (primary N) is 2. The highest BCUT2D eigenvalue weighted by molar-refractivity contribution is 5.93. The average molecular weight is 486 g/mol. The summed E-state index contributed by atoms with van der Waals surface area (Å²) in [6.45, 7) is -1.44. The van der Waals surface area contributed by atoms with Gasteiger partial charge in [-0.15, -0.1) is 0 Å². The van der Waals surface area contributed by atoms with Gasteiger partial charge >= 0.3 is 18.1 Å². The van der Waals surface area contributed by atoms with Crippen LogP contribution >= 0.6 is 0 Å². The smallest absolute Gasteiger partial charge is 0.422 e. The normalized spacial score (nSPS) is 11.7. The molecular formula is C25H21F3N2O5. The molecule has 3 aromatic carbocycles. The fourth-order valence-corrected chi connectivity index (χ4v) is 3.11. The van der Waals surface area contributed by atoms with Crippen LogP contribution in [-0.2, 0) is 11.2 Å². The highest BCUT2D eigenvalue weighted by Crippen LogP contribution is 2.22. The molecule has 0 unspecified atom stereocenters. The van der Waals surface area contributed by atoms with Crippen molar-refractivity contribution in [3.63, 3.8) is 0 Å². The maximum Gasteiger partial charge on any atom is 0.422 e. The van der Waals surface area contributed by atoms with E-state index in [0.717, 1.165) is 0 Å². The van der Waals surface area contributed by atoms with Gasteiger partial charge in [-0.05, 0) is 71.8 Å². The number of carbonyl (C=O) groups is 2. The van der Waals surface area contributed by atoms with E-state index >= 15 is 0 Å². The average Bonchev–Trinajstić information content (AvgIpc) is 2.77. The lowest BCUT2D eigenvalue weighted by atomic mass is 10.0. The first-order valence-electron chi connectivity index (χ1n) is 10.2. The van der Waals surface area contributed by atoms with Crippen molar-refractivity contribution >= 4 is 29.4 Å². The van der Waals surface area contributed by atoms with Crippen LogP contribution < -0.4 is 20.9 Å². The maximum absolute atomic E-state index is 12.3. The predicted octanol–water partition coefficient (Wildman–Crippen LogP) is 4.72. The molecule has 0 heterocycles. The fraction of sp³-hybridized carbons (Fsp3) is 0.120. The summed E-state index contributed by atoms with van der Waals surface area (Å²) < 4.78 is 46.5. The van der Waals surface area contributed by atoms with E-state index in [2.05, 4.69) is 4.74 Å². The Hall–Kier alpha value is -4.47.